The van der Waals surface area contributed by atoms with E-state index in [9.17, 15) is 9.59 Å². The Kier molecular flexibility index (Phi) is 4.83. The molecule has 114 valence electrons. The maximum Gasteiger partial charge on any atom is 0.405 e. The lowest BCUT2D eigenvalue weighted by Gasteiger charge is -2.25. The number of likely N-dealkylation sites (tertiary alicyclic amines) is 1. The van der Waals surface area contributed by atoms with Gasteiger partial charge in [-0.3, -0.25) is 4.79 Å². The second-order valence-electron chi connectivity index (χ2n) is 5.63. The predicted octanol–water partition coefficient (Wildman–Crippen LogP) is 2.45. The fourth-order valence-electron chi connectivity index (χ4n) is 2.83. The minimum Gasteiger partial charge on any atom is -0.465 e. The number of aryl methyl sites for hydroxylation is 2. The van der Waals surface area contributed by atoms with Crippen molar-refractivity contribution in [3.8, 4) is 0 Å². The second kappa shape index (κ2) is 6.61. The van der Waals surface area contributed by atoms with Crippen molar-refractivity contribution in [3.63, 3.8) is 0 Å². The molecule has 0 bridgehead atoms. The van der Waals surface area contributed by atoms with Crippen LogP contribution in [0.3, 0.4) is 0 Å². The van der Waals surface area contributed by atoms with E-state index in [-0.39, 0.29) is 5.91 Å². The molecular formula is C16H22N2O3. The third-order valence-electron chi connectivity index (χ3n) is 4.07. The van der Waals surface area contributed by atoms with Gasteiger partial charge in [0.15, 0.2) is 0 Å². The molecule has 5 heteroatoms. The van der Waals surface area contributed by atoms with E-state index in [1.54, 1.807) is 4.90 Å². The third kappa shape index (κ3) is 3.74. The third-order valence-corrected chi connectivity index (χ3v) is 4.07. The fourth-order valence-corrected chi connectivity index (χ4v) is 2.83. The largest absolute Gasteiger partial charge is 0.465 e. The number of carboxylic acid groups (broad SMARTS) is 1. The topological polar surface area (TPSA) is 69.6 Å². The maximum atomic E-state index is 12.5. The van der Waals surface area contributed by atoms with Crippen molar-refractivity contribution in [1.29, 1.82) is 0 Å². The maximum absolute atomic E-state index is 12.5. The Morgan fingerprint density at radius 1 is 1.33 bits per heavy atom. The zero-order chi connectivity index (χ0) is 15.4. The van der Waals surface area contributed by atoms with Crippen LogP contribution in [-0.4, -0.2) is 34.6 Å². The first kappa shape index (κ1) is 15.4. The Hall–Kier alpha value is -2.04. The summed E-state index contributed by atoms with van der Waals surface area (Å²) in [5.41, 5.74) is 3.48. The smallest absolute Gasteiger partial charge is 0.405 e. The van der Waals surface area contributed by atoms with Gasteiger partial charge >= 0.3 is 6.09 Å². The summed E-state index contributed by atoms with van der Waals surface area (Å²) in [5.74, 6) is -0.113. The fraction of sp³-hybridized carbons (Fsp3) is 0.500. The molecule has 2 amide bonds. The molecule has 1 aliphatic heterocycles. The van der Waals surface area contributed by atoms with Gasteiger partial charge in [0.25, 0.3) is 0 Å². The van der Waals surface area contributed by atoms with Gasteiger partial charge in [-0.1, -0.05) is 18.2 Å². The van der Waals surface area contributed by atoms with Gasteiger partial charge in [0.2, 0.25) is 5.91 Å². The lowest BCUT2D eigenvalue weighted by Crippen LogP contribution is -2.46. The molecule has 0 aliphatic carbocycles. The van der Waals surface area contributed by atoms with Crippen LogP contribution < -0.4 is 5.32 Å². The van der Waals surface area contributed by atoms with Crippen LogP contribution in [0.4, 0.5) is 4.79 Å². The lowest BCUT2D eigenvalue weighted by atomic mass is 10.0. The van der Waals surface area contributed by atoms with Crippen LogP contribution in [0.15, 0.2) is 18.2 Å². The first-order valence-electron chi connectivity index (χ1n) is 7.32. The van der Waals surface area contributed by atoms with Crippen LogP contribution in [0.5, 0.6) is 0 Å². The zero-order valence-corrected chi connectivity index (χ0v) is 12.6. The number of benzene rings is 1. The summed E-state index contributed by atoms with van der Waals surface area (Å²) in [4.78, 5) is 25.1. The Morgan fingerprint density at radius 3 is 2.62 bits per heavy atom. The van der Waals surface area contributed by atoms with Crippen molar-refractivity contribution < 1.29 is 14.7 Å². The zero-order valence-electron chi connectivity index (χ0n) is 12.6. The van der Waals surface area contributed by atoms with Crippen LogP contribution in [0.25, 0.3) is 0 Å². The molecule has 1 fully saturated rings. The van der Waals surface area contributed by atoms with E-state index in [0.29, 0.717) is 19.5 Å². The second-order valence-corrected chi connectivity index (χ2v) is 5.63. The van der Waals surface area contributed by atoms with E-state index < -0.39 is 12.1 Å². The average Bonchev–Trinajstić information content (AvgIpc) is 2.58. The highest BCUT2D eigenvalue weighted by Crippen LogP contribution is 2.19. The molecule has 1 aromatic rings. The molecule has 0 saturated carbocycles. The van der Waals surface area contributed by atoms with Gasteiger partial charge in [-0.25, -0.2) is 4.79 Å². The molecule has 5 nitrogen and oxygen atoms in total. The van der Waals surface area contributed by atoms with Gasteiger partial charge in [0.05, 0.1) is 0 Å². The molecule has 2 rings (SSSR count). The number of carbonyl (C=O) groups is 2. The molecule has 0 spiro atoms. The normalized spacial score (nSPS) is 19.2. The average molecular weight is 290 g/mol. The van der Waals surface area contributed by atoms with Gasteiger partial charge in [0, 0.05) is 13.1 Å². The van der Waals surface area contributed by atoms with Crippen LogP contribution in [0.2, 0.25) is 0 Å². The van der Waals surface area contributed by atoms with Crippen LogP contribution in [-0.2, 0) is 11.3 Å². The van der Waals surface area contributed by atoms with Crippen molar-refractivity contribution in [3.05, 3.63) is 34.9 Å². The van der Waals surface area contributed by atoms with Gasteiger partial charge < -0.3 is 15.3 Å². The van der Waals surface area contributed by atoms with Crippen LogP contribution in [0.1, 0.15) is 36.0 Å². The van der Waals surface area contributed by atoms with Crippen molar-refractivity contribution in [2.75, 3.05) is 6.54 Å². The number of nitrogens with one attached hydrogen (secondary N) is 1. The minimum absolute atomic E-state index is 0.113. The van der Waals surface area contributed by atoms with E-state index >= 15 is 0 Å². The molecule has 2 N–H and O–H groups in total. The molecule has 0 aromatic heterocycles. The molecule has 1 aliphatic rings. The molecule has 1 atom stereocenters. The van der Waals surface area contributed by atoms with Crippen molar-refractivity contribution in [1.82, 2.24) is 10.2 Å². The predicted molar refractivity (Wildman–Crippen MR) is 80.1 cm³/mol. The summed E-state index contributed by atoms with van der Waals surface area (Å²) in [6.45, 7) is 5.31. The van der Waals surface area contributed by atoms with E-state index in [1.807, 2.05) is 32.0 Å². The molecule has 0 unspecified atom stereocenters. The lowest BCUT2D eigenvalue weighted by molar-refractivity contribution is -0.133. The highest BCUT2D eigenvalue weighted by molar-refractivity contribution is 5.85. The molecule has 0 radical (unpaired) electrons. The summed E-state index contributed by atoms with van der Waals surface area (Å²) >= 11 is 0. The summed E-state index contributed by atoms with van der Waals surface area (Å²) in [5, 5.41) is 11.2. The Bertz CT molecular complexity index is 522. The minimum atomic E-state index is -1.14. The Labute approximate surface area is 125 Å². The van der Waals surface area contributed by atoms with Gasteiger partial charge in [0.1, 0.15) is 6.04 Å². The van der Waals surface area contributed by atoms with Gasteiger partial charge in [-0.2, -0.15) is 0 Å². The summed E-state index contributed by atoms with van der Waals surface area (Å²) < 4.78 is 0. The number of rotatable bonds is 3. The van der Waals surface area contributed by atoms with Gasteiger partial charge in [-0.15, -0.1) is 0 Å². The first-order valence-corrected chi connectivity index (χ1v) is 7.32. The number of carbonyl (C=O) groups excluding carboxylic acids is 1. The molecule has 1 aromatic carbocycles. The van der Waals surface area contributed by atoms with Crippen molar-refractivity contribution >= 4 is 12.0 Å². The quantitative estimate of drug-likeness (QED) is 0.898. The van der Waals surface area contributed by atoms with Crippen LogP contribution in [0, 0.1) is 13.8 Å². The monoisotopic (exact) mass is 290 g/mol. The number of hydrogen-bond acceptors (Lipinski definition) is 2. The first-order chi connectivity index (χ1) is 9.99. The summed E-state index contributed by atoms with van der Waals surface area (Å²) in [6, 6.07) is 5.47. The number of hydrogen-bond donors (Lipinski definition) is 2. The van der Waals surface area contributed by atoms with E-state index in [0.717, 1.165) is 29.5 Å². The molecule has 21 heavy (non-hydrogen) atoms. The SMILES string of the molecule is Cc1cccc(C)c1CN1CCCC[C@H](NC(=O)O)C1=O. The van der Waals surface area contributed by atoms with Gasteiger partial charge in [-0.05, 0) is 49.8 Å². The Morgan fingerprint density at radius 2 is 2.00 bits per heavy atom. The number of amides is 2. The molecular weight excluding hydrogens is 268 g/mol. The summed E-state index contributed by atoms with van der Waals surface area (Å²) in [6.07, 6.45) is 1.21. The summed E-state index contributed by atoms with van der Waals surface area (Å²) in [7, 11) is 0. The molecule has 1 saturated heterocycles. The van der Waals surface area contributed by atoms with E-state index in [1.165, 1.54) is 0 Å². The van der Waals surface area contributed by atoms with Crippen molar-refractivity contribution in [2.45, 2.75) is 45.7 Å². The van der Waals surface area contributed by atoms with E-state index in [4.69, 9.17) is 5.11 Å². The van der Waals surface area contributed by atoms with E-state index in [2.05, 4.69) is 5.32 Å². The highest BCUT2D eigenvalue weighted by atomic mass is 16.4. The van der Waals surface area contributed by atoms with Crippen molar-refractivity contribution in [2.24, 2.45) is 0 Å². The standard InChI is InChI=1S/C16H22N2O3/c1-11-6-5-7-12(2)13(11)10-18-9-4-3-8-14(15(18)19)17-16(20)21/h5-7,14,17H,3-4,8-10H2,1-2H3,(H,20,21)/t14-/m0/s1. The highest BCUT2D eigenvalue weighted by Gasteiger charge is 2.28. The Balaban J connectivity index is 2.17. The number of nitrogens with zero attached hydrogens (tertiary/aromatic N) is 1. The molecule has 1 heterocycles. The van der Waals surface area contributed by atoms with Crippen LogP contribution >= 0.6 is 0 Å².